The molecule has 1 amide bonds. The number of rotatable bonds is 5. The Labute approximate surface area is 136 Å². The second-order valence-corrected chi connectivity index (χ2v) is 4.84. The molecule has 0 aliphatic rings. The van der Waals surface area contributed by atoms with E-state index in [1.807, 2.05) is 48.5 Å². The maximum Gasteiger partial charge on any atom is 0.225 e. The van der Waals surface area contributed by atoms with E-state index in [1.54, 1.807) is 14.2 Å². The minimum Gasteiger partial charge on any atom is -0.497 e. The quantitative estimate of drug-likeness (QED) is 0.863. The van der Waals surface area contributed by atoms with E-state index in [4.69, 9.17) is 9.47 Å². The van der Waals surface area contributed by atoms with Crippen molar-refractivity contribution < 1.29 is 14.3 Å². The fraction of sp³-hybridized carbons (Fsp3) is 0.211. The second kappa shape index (κ2) is 8.50. The third kappa shape index (κ3) is 5.40. The molecule has 4 heteroatoms. The van der Waals surface area contributed by atoms with E-state index in [1.165, 1.54) is 0 Å². The van der Waals surface area contributed by atoms with Crippen LogP contribution in [-0.2, 0) is 11.2 Å². The summed E-state index contributed by atoms with van der Waals surface area (Å²) in [6.45, 7) is 0.314. The van der Waals surface area contributed by atoms with Crippen LogP contribution in [0.15, 0.2) is 48.5 Å². The molecule has 0 saturated heterocycles. The highest BCUT2D eigenvalue weighted by Crippen LogP contribution is 2.12. The summed E-state index contributed by atoms with van der Waals surface area (Å²) in [6.07, 6.45) is 0.307. The van der Waals surface area contributed by atoms with Gasteiger partial charge in [0.25, 0.3) is 0 Å². The average Bonchev–Trinajstić information content (AvgIpc) is 2.59. The van der Waals surface area contributed by atoms with E-state index in [0.29, 0.717) is 13.0 Å². The fourth-order valence-corrected chi connectivity index (χ4v) is 1.99. The predicted octanol–water partition coefficient (Wildman–Crippen LogP) is 2.41. The lowest BCUT2D eigenvalue weighted by Gasteiger charge is -2.04. The molecule has 0 atom stereocenters. The summed E-state index contributed by atoms with van der Waals surface area (Å²) in [7, 11) is 3.23. The van der Waals surface area contributed by atoms with Crippen molar-refractivity contribution in [3.8, 4) is 23.3 Å². The van der Waals surface area contributed by atoms with Crippen LogP contribution in [0.3, 0.4) is 0 Å². The Hall–Kier alpha value is -2.93. The predicted molar refractivity (Wildman–Crippen MR) is 89.6 cm³/mol. The maximum atomic E-state index is 11.9. The largest absolute Gasteiger partial charge is 0.497 e. The molecule has 0 aliphatic heterocycles. The molecule has 0 saturated carbocycles. The Balaban J connectivity index is 1.81. The first kappa shape index (κ1) is 16.4. The first-order valence-electron chi connectivity index (χ1n) is 7.24. The third-order valence-electron chi connectivity index (χ3n) is 3.20. The van der Waals surface area contributed by atoms with Gasteiger partial charge in [-0.15, -0.1) is 0 Å². The highest BCUT2D eigenvalue weighted by Gasteiger charge is 2.03. The molecule has 2 rings (SSSR count). The zero-order valence-electron chi connectivity index (χ0n) is 13.3. The average molecular weight is 309 g/mol. The van der Waals surface area contributed by atoms with Crippen molar-refractivity contribution in [1.29, 1.82) is 0 Å². The van der Waals surface area contributed by atoms with Crippen LogP contribution in [0.1, 0.15) is 11.1 Å². The number of hydrogen-bond acceptors (Lipinski definition) is 3. The Morgan fingerprint density at radius 1 is 1.04 bits per heavy atom. The summed E-state index contributed by atoms with van der Waals surface area (Å²) in [5.74, 6) is 7.40. The van der Waals surface area contributed by atoms with Crippen molar-refractivity contribution in [3.63, 3.8) is 0 Å². The molecule has 1 N–H and O–H groups in total. The zero-order valence-corrected chi connectivity index (χ0v) is 13.3. The fourth-order valence-electron chi connectivity index (χ4n) is 1.99. The molecule has 0 heterocycles. The lowest BCUT2D eigenvalue weighted by molar-refractivity contribution is -0.120. The van der Waals surface area contributed by atoms with E-state index in [9.17, 15) is 4.79 Å². The minimum absolute atomic E-state index is 0.0673. The first-order valence-corrected chi connectivity index (χ1v) is 7.24. The Kier molecular flexibility index (Phi) is 6.07. The SMILES string of the molecule is COc1ccc(C#CCNC(=O)Cc2cccc(OC)c2)cc1. The summed E-state index contributed by atoms with van der Waals surface area (Å²) in [6, 6.07) is 14.9. The lowest BCUT2D eigenvalue weighted by Crippen LogP contribution is -2.25. The van der Waals surface area contributed by atoms with E-state index in [0.717, 1.165) is 22.6 Å². The number of amides is 1. The van der Waals surface area contributed by atoms with Crippen LogP contribution in [0, 0.1) is 11.8 Å². The Morgan fingerprint density at radius 3 is 2.48 bits per heavy atom. The van der Waals surface area contributed by atoms with Crippen LogP contribution in [0.2, 0.25) is 0 Å². The molecule has 0 radical (unpaired) electrons. The van der Waals surface area contributed by atoms with Gasteiger partial charge in [0.05, 0.1) is 27.2 Å². The second-order valence-electron chi connectivity index (χ2n) is 4.84. The van der Waals surface area contributed by atoms with Gasteiger partial charge in [0, 0.05) is 5.56 Å². The highest BCUT2D eigenvalue weighted by molar-refractivity contribution is 5.78. The third-order valence-corrected chi connectivity index (χ3v) is 3.20. The molecular weight excluding hydrogens is 290 g/mol. The highest BCUT2D eigenvalue weighted by atomic mass is 16.5. The summed E-state index contributed by atoms with van der Waals surface area (Å²) in [5, 5.41) is 2.78. The van der Waals surface area contributed by atoms with Crippen molar-refractivity contribution >= 4 is 5.91 Å². The number of methoxy groups -OCH3 is 2. The Bertz CT molecular complexity index is 711. The van der Waals surface area contributed by atoms with Gasteiger partial charge in [-0.25, -0.2) is 0 Å². The Morgan fingerprint density at radius 2 is 1.78 bits per heavy atom. The molecule has 0 unspecified atom stereocenters. The number of carbonyl (C=O) groups is 1. The van der Waals surface area contributed by atoms with Crippen LogP contribution in [0.25, 0.3) is 0 Å². The molecular formula is C19H19NO3. The molecule has 0 aromatic heterocycles. The van der Waals surface area contributed by atoms with E-state index < -0.39 is 0 Å². The van der Waals surface area contributed by atoms with Crippen molar-refractivity contribution in [1.82, 2.24) is 5.32 Å². The van der Waals surface area contributed by atoms with Gasteiger partial charge in [-0.3, -0.25) is 4.79 Å². The summed E-state index contributed by atoms with van der Waals surface area (Å²) >= 11 is 0. The van der Waals surface area contributed by atoms with Gasteiger partial charge in [-0.1, -0.05) is 24.0 Å². The molecule has 0 fully saturated rings. The number of nitrogens with one attached hydrogen (secondary N) is 1. The topological polar surface area (TPSA) is 47.6 Å². The van der Waals surface area contributed by atoms with Gasteiger partial charge in [0.2, 0.25) is 5.91 Å². The molecule has 2 aromatic carbocycles. The number of carbonyl (C=O) groups excluding carboxylic acids is 1. The van der Waals surface area contributed by atoms with Crippen molar-refractivity contribution in [2.75, 3.05) is 20.8 Å². The van der Waals surface area contributed by atoms with Gasteiger partial charge in [-0.2, -0.15) is 0 Å². The summed E-state index contributed by atoms with van der Waals surface area (Å²) < 4.78 is 10.2. The van der Waals surface area contributed by atoms with Gasteiger partial charge < -0.3 is 14.8 Å². The smallest absolute Gasteiger partial charge is 0.225 e. The number of ether oxygens (including phenoxy) is 2. The molecule has 23 heavy (non-hydrogen) atoms. The number of benzene rings is 2. The van der Waals surface area contributed by atoms with E-state index in [2.05, 4.69) is 17.2 Å². The van der Waals surface area contributed by atoms with Crippen LogP contribution >= 0.6 is 0 Å². The maximum absolute atomic E-state index is 11.9. The normalized spacial score (nSPS) is 9.48. The van der Waals surface area contributed by atoms with Crippen LogP contribution in [0.5, 0.6) is 11.5 Å². The minimum atomic E-state index is -0.0673. The monoisotopic (exact) mass is 309 g/mol. The van der Waals surface area contributed by atoms with Gasteiger partial charge >= 0.3 is 0 Å². The molecule has 0 aliphatic carbocycles. The molecule has 2 aromatic rings. The van der Waals surface area contributed by atoms with Crippen molar-refractivity contribution in [2.45, 2.75) is 6.42 Å². The van der Waals surface area contributed by atoms with Gasteiger partial charge in [0.15, 0.2) is 0 Å². The summed E-state index contributed by atoms with van der Waals surface area (Å²) in [4.78, 5) is 11.9. The summed E-state index contributed by atoms with van der Waals surface area (Å²) in [5.41, 5.74) is 1.79. The number of hydrogen-bond donors (Lipinski definition) is 1. The standard InChI is InChI=1S/C19H19NO3/c1-22-17-10-8-15(9-11-17)6-4-12-20-19(21)14-16-5-3-7-18(13-16)23-2/h3,5,7-11,13H,12,14H2,1-2H3,(H,20,21). The first-order chi connectivity index (χ1) is 11.2. The van der Waals surface area contributed by atoms with Crippen molar-refractivity contribution in [3.05, 3.63) is 59.7 Å². The van der Waals surface area contributed by atoms with E-state index in [-0.39, 0.29) is 5.91 Å². The van der Waals surface area contributed by atoms with Crippen LogP contribution in [-0.4, -0.2) is 26.7 Å². The molecule has 0 spiro atoms. The van der Waals surface area contributed by atoms with Crippen LogP contribution < -0.4 is 14.8 Å². The zero-order chi connectivity index (χ0) is 16.5. The molecule has 4 nitrogen and oxygen atoms in total. The molecule has 118 valence electrons. The van der Waals surface area contributed by atoms with Gasteiger partial charge in [0.1, 0.15) is 11.5 Å². The van der Waals surface area contributed by atoms with Crippen molar-refractivity contribution in [2.24, 2.45) is 0 Å². The molecule has 0 bridgehead atoms. The van der Waals surface area contributed by atoms with Crippen LogP contribution in [0.4, 0.5) is 0 Å². The van der Waals surface area contributed by atoms with E-state index >= 15 is 0 Å². The lowest BCUT2D eigenvalue weighted by atomic mass is 10.1. The van der Waals surface area contributed by atoms with Gasteiger partial charge in [-0.05, 0) is 42.0 Å².